The lowest BCUT2D eigenvalue weighted by Gasteiger charge is -2.13. The van der Waals surface area contributed by atoms with Gasteiger partial charge < -0.3 is 4.74 Å². The summed E-state index contributed by atoms with van der Waals surface area (Å²) in [5, 5.41) is 7.05. The maximum absolute atomic E-state index is 12.7. The molecule has 4 rings (SSSR count). The molecular formula is C24H16Cl2F3N3O. The Morgan fingerprint density at radius 3 is 2.55 bits per heavy atom. The van der Waals surface area contributed by atoms with Crippen molar-refractivity contribution >= 4 is 46.0 Å². The second-order valence-corrected chi connectivity index (χ2v) is 7.87. The van der Waals surface area contributed by atoms with E-state index in [-0.39, 0.29) is 12.4 Å². The highest BCUT2D eigenvalue weighted by atomic mass is 35.5. The first-order chi connectivity index (χ1) is 15.8. The summed E-state index contributed by atoms with van der Waals surface area (Å²) in [6, 6.07) is 18.8. The molecule has 0 aliphatic rings. The molecule has 0 spiro atoms. The van der Waals surface area contributed by atoms with Crippen molar-refractivity contribution in [3.8, 4) is 5.75 Å². The molecule has 1 heterocycles. The Morgan fingerprint density at radius 2 is 1.82 bits per heavy atom. The average Bonchev–Trinajstić information content (AvgIpc) is 2.79. The first-order valence-electron chi connectivity index (χ1n) is 9.72. The van der Waals surface area contributed by atoms with Gasteiger partial charge in [0.1, 0.15) is 18.2 Å². The molecule has 0 saturated heterocycles. The zero-order valence-electron chi connectivity index (χ0n) is 16.9. The summed E-state index contributed by atoms with van der Waals surface area (Å²) in [5.74, 6) is 0.737. The van der Waals surface area contributed by atoms with Gasteiger partial charge in [-0.25, -0.2) is 4.98 Å². The number of hydrogen-bond donors (Lipinski definition) is 1. The minimum absolute atomic E-state index is 0.176. The monoisotopic (exact) mass is 489 g/mol. The van der Waals surface area contributed by atoms with Crippen LogP contribution in [0.3, 0.4) is 0 Å². The summed E-state index contributed by atoms with van der Waals surface area (Å²) in [4.78, 5) is 3.75. The van der Waals surface area contributed by atoms with Crippen LogP contribution >= 0.6 is 23.2 Å². The molecule has 0 atom stereocenters. The second kappa shape index (κ2) is 9.68. The predicted octanol–water partition coefficient (Wildman–Crippen LogP) is 7.59. The molecule has 0 saturated carbocycles. The van der Waals surface area contributed by atoms with Crippen LogP contribution in [0.4, 0.5) is 19.0 Å². The van der Waals surface area contributed by atoms with E-state index in [2.05, 4.69) is 15.5 Å². The summed E-state index contributed by atoms with van der Waals surface area (Å²) in [6.45, 7) is 0.211. The van der Waals surface area contributed by atoms with E-state index < -0.39 is 11.7 Å². The van der Waals surface area contributed by atoms with Crippen molar-refractivity contribution < 1.29 is 17.9 Å². The number of aromatic nitrogens is 1. The molecule has 168 valence electrons. The van der Waals surface area contributed by atoms with Crippen LogP contribution in [0.1, 0.15) is 16.7 Å². The minimum Gasteiger partial charge on any atom is -0.488 e. The Bertz CT molecular complexity index is 1310. The smallest absolute Gasteiger partial charge is 0.417 e. The number of benzene rings is 3. The number of halogens is 5. The summed E-state index contributed by atoms with van der Waals surface area (Å²) >= 11 is 12.2. The van der Waals surface area contributed by atoms with Crippen LogP contribution in [0.5, 0.6) is 5.75 Å². The summed E-state index contributed by atoms with van der Waals surface area (Å²) in [6.07, 6.45) is -2.16. The van der Waals surface area contributed by atoms with Crippen LogP contribution in [0.2, 0.25) is 10.0 Å². The maximum atomic E-state index is 12.7. The average molecular weight is 490 g/mol. The van der Waals surface area contributed by atoms with Crippen molar-refractivity contribution in [2.45, 2.75) is 12.8 Å². The van der Waals surface area contributed by atoms with Gasteiger partial charge in [0.05, 0.1) is 11.8 Å². The number of fused-ring (bicyclic) bond motifs is 1. The van der Waals surface area contributed by atoms with Gasteiger partial charge in [0, 0.05) is 27.4 Å². The molecule has 0 bridgehead atoms. The lowest BCUT2D eigenvalue weighted by atomic mass is 10.0. The molecule has 0 radical (unpaired) electrons. The molecule has 3 aromatic carbocycles. The Balaban J connectivity index is 1.58. The third-order valence-corrected chi connectivity index (χ3v) is 5.38. The van der Waals surface area contributed by atoms with Gasteiger partial charge in [-0.3, -0.25) is 5.43 Å². The van der Waals surface area contributed by atoms with Gasteiger partial charge in [-0.2, -0.15) is 18.3 Å². The SMILES string of the molecule is FC(F)(F)c1ccc(N/N=C\c2c(OCc3ccc(Cl)cc3Cl)ccc3ccccc23)nc1. The van der Waals surface area contributed by atoms with E-state index in [0.717, 1.165) is 28.6 Å². The van der Waals surface area contributed by atoms with Crippen LogP contribution in [0.15, 0.2) is 78.0 Å². The molecule has 1 aromatic heterocycles. The Labute approximate surface area is 197 Å². The number of alkyl halides is 3. The molecule has 0 unspecified atom stereocenters. The topological polar surface area (TPSA) is 46.5 Å². The number of hydrazone groups is 1. The van der Waals surface area contributed by atoms with E-state index in [1.165, 1.54) is 6.07 Å². The number of nitrogens with zero attached hydrogens (tertiary/aromatic N) is 2. The van der Waals surface area contributed by atoms with E-state index in [4.69, 9.17) is 27.9 Å². The van der Waals surface area contributed by atoms with E-state index in [1.807, 2.05) is 36.4 Å². The molecule has 0 fully saturated rings. The number of anilines is 1. The lowest BCUT2D eigenvalue weighted by Crippen LogP contribution is -2.05. The Kier molecular flexibility index (Phi) is 6.72. The maximum Gasteiger partial charge on any atom is 0.417 e. The highest BCUT2D eigenvalue weighted by Gasteiger charge is 2.30. The molecule has 4 nitrogen and oxygen atoms in total. The van der Waals surface area contributed by atoms with Gasteiger partial charge in [0.25, 0.3) is 0 Å². The third-order valence-electron chi connectivity index (χ3n) is 4.79. The van der Waals surface area contributed by atoms with Gasteiger partial charge in [-0.15, -0.1) is 0 Å². The minimum atomic E-state index is -4.45. The first-order valence-corrected chi connectivity index (χ1v) is 10.5. The van der Waals surface area contributed by atoms with Crippen LogP contribution < -0.4 is 10.2 Å². The van der Waals surface area contributed by atoms with Crippen LogP contribution in [0, 0.1) is 0 Å². The van der Waals surface area contributed by atoms with Crippen molar-refractivity contribution in [1.82, 2.24) is 4.98 Å². The zero-order chi connectivity index (χ0) is 23.4. The van der Waals surface area contributed by atoms with Crippen LogP contribution in [-0.2, 0) is 12.8 Å². The molecule has 0 aliphatic carbocycles. The molecule has 33 heavy (non-hydrogen) atoms. The van der Waals surface area contributed by atoms with Crippen LogP contribution in [-0.4, -0.2) is 11.2 Å². The summed E-state index contributed by atoms with van der Waals surface area (Å²) < 4.78 is 44.1. The normalized spacial score (nSPS) is 11.8. The number of hydrogen-bond acceptors (Lipinski definition) is 4. The molecular weight excluding hydrogens is 474 g/mol. The Morgan fingerprint density at radius 1 is 1.00 bits per heavy atom. The zero-order valence-corrected chi connectivity index (χ0v) is 18.4. The lowest BCUT2D eigenvalue weighted by molar-refractivity contribution is -0.137. The standard InChI is InChI=1S/C24H16Cl2F3N3O/c25-18-8-5-16(21(26)11-18)14-33-22-9-6-15-3-1-2-4-19(15)20(22)13-31-32-23-10-7-17(12-30-23)24(27,28)29/h1-13H,14H2,(H,30,32)/b31-13-. The third kappa shape index (κ3) is 5.56. The van der Waals surface area contributed by atoms with E-state index in [9.17, 15) is 13.2 Å². The van der Waals surface area contributed by atoms with Crippen LogP contribution in [0.25, 0.3) is 10.8 Å². The van der Waals surface area contributed by atoms with Gasteiger partial charge in [0.2, 0.25) is 0 Å². The number of nitrogens with one attached hydrogen (secondary N) is 1. The van der Waals surface area contributed by atoms with Crippen molar-refractivity contribution in [2.24, 2.45) is 5.10 Å². The van der Waals surface area contributed by atoms with Crippen molar-refractivity contribution in [2.75, 3.05) is 5.43 Å². The quantitative estimate of drug-likeness (QED) is 0.224. The van der Waals surface area contributed by atoms with Gasteiger partial charge in [-0.05, 0) is 41.1 Å². The van der Waals surface area contributed by atoms with E-state index in [0.29, 0.717) is 21.4 Å². The van der Waals surface area contributed by atoms with Gasteiger partial charge >= 0.3 is 6.18 Å². The van der Waals surface area contributed by atoms with E-state index in [1.54, 1.807) is 24.4 Å². The number of pyridine rings is 1. The number of ether oxygens (including phenoxy) is 1. The van der Waals surface area contributed by atoms with E-state index >= 15 is 0 Å². The second-order valence-electron chi connectivity index (χ2n) is 7.02. The fourth-order valence-corrected chi connectivity index (χ4v) is 3.58. The van der Waals surface area contributed by atoms with Gasteiger partial charge in [-0.1, -0.05) is 59.6 Å². The van der Waals surface area contributed by atoms with Gasteiger partial charge in [0.15, 0.2) is 0 Å². The van der Waals surface area contributed by atoms with Crippen molar-refractivity contribution in [1.29, 1.82) is 0 Å². The molecule has 1 N–H and O–H groups in total. The fraction of sp³-hybridized carbons (Fsp3) is 0.0833. The summed E-state index contributed by atoms with van der Waals surface area (Å²) in [7, 11) is 0. The fourth-order valence-electron chi connectivity index (χ4n) is 3.12. The Hall–Kier alpha value is -3.29. The molecule has 9 heteroatoms. The molecule has 4 aromatic rings. The summed E-state index contributed by atoms with van der Waals surface area (Å²) in [5.41, 5.74) is 3.28. The number of rotatable bonds is 6. The van der Waals surface area contributed by atoms with Crippen molar-refractivity contribution in [3.63, 3.8) is 0 Å². The predicted molar refractivity (Wildman–Crippen MR) is 125 cm³/mol. The van der Waals surface area contributed by atoms with Crippen molar-refractivity contribution in [3.05, 3.63) is 99.7 Å². The highest BCUT2D eigenvalue weighted by molar-refractivity contribution is 6.35. The molecule has 0 amide bonds. The molecule has 0 aliphatic heterocycles. The first kappa shape index (κ1) is 22.9. The largest absolute Gasteiger partial charge is 0.488 e. The highest BCUT2D eigenvalue weighted by Crippen LogP contribution is 2.30.